The van der Waals surface area contributed by atoms with E-state index in [1.54, 1.807) is 0 Å². The first-order chi connectivity index (χ1) is 5.27. The van der Waals surface area contributed by atoms with Crippen LogP contribution in [0, 0.1) is 23.2 Å². The molecule has 1 nitrogen and oxygen atoms in total. The van der Waals surface area contributed by atoms with Crippen LogP contribution in [0.3, 0.4) is 0 Å². The summed E-state index contributed by atoms with van der Waals surface area (Å²) in [5.41, 5.74) is 0. The lowest BCUT2D eigenvalue weighted by Gasteiger charge is -2.28. The molecule has 1 rings (SSSR count). The zero-order valence-corrected chi connectivity index (χ0v) is 8.47. The van der Waals surface area contributed by atoms with Crippen molar-refractivity contribution in [3.63, 3.8) is 0 Å². The Morgan fingerprint density at radius 3 is 2.82 bits per heavy atom. The SMILES string of the molecule is CCC1CCC(Br)CC1C#N. The second-order valence-electron chi connectivity index (χ2n) is 3.31. The highest BCUT2D eigenvalue weighted by molar-refractivity contribution is 9.09. The molecule has 0 heterocycles. The zero-order chi connectivity index (χ0) is 8.27. The topological polar surface area (TPSA) is 23.8 Å². The standard InChI is InChI=1S/C9H14BrN/c1-2-7-3-4-9(10)5-8(7)6-11/h7-9H,2-5H2,1H3. The van der Waals surface area contributed by atoms with Gasteiger partial charge in [-0.2, -0.15) is 5.26 Å². The van der Waals surface area contributed by atoms with Crippen LogP contribution in [0.25, 0.3) is 0 Å². The fourth-order valence-electron chi connectivity index (χ4n) is 1.83. The Bertz CT molecular complexity index is 161. The quantitative estimate of drug-likeness (QED) is 0.618. The van der Waals surface area contributed by atoms with Gasteiger partial charge < -0.3 is 0 Å². The van der Waals surface area contributed by atoms with Gasteiger partial charge in [-0.25, -0.2) is 0 Å². The minimum absolute atomic E-state index is 0.304. The van der Waals surface area contributed by atoms with Gasteiger partial charge in [-0.15, -0.1) is 0 Å². The average molecular weight is 216 g/mol. The van der Waals surface area contributed by atoms with Gasteiger partial charge in [0.1, 0.15) is 0 Å². The fraction of sp³-hybridized carbons (Fsp3) is 0.889. The molecule has 0 aromatic carbocycles. The molecule has 0 bridgehead atoms. The Kier molecular flexibility index (Phi) is 3.39. The fourth-order valence-corrected chi connectivity index (χ4v) is 2.50. The van der Waals surface area contributed by atoms with E-state index in [0.29, 0.717) is 16.7 Å². The van der Waals surface area contributed by atoms with E-state index in [9.17, 15) is 0 Å². The molecule has 0 saturated heterocycles. The Balaban J connectivity index is 2.50. The van der Waals surface area contributed by atoms with Crippen LogP contribution in [-0.4, -0.2) is 4.83 Å². The summed E-state index contributed by atoms with van der Waals surface area (Å²) in [4.78, 5) is 0.593. The number of nitrogens with zero attached hydrogens (tertiary/aromatic N) is 1. The van der Waals surface area contributed by atoms with Crippen molar-refractivity contribution in [2.45, 2.75) is 37.4 Å². The summed E-state index contributed by atoms with van der Waals surface area (Å²) in [5.74, 6) is 0.965. The van der Waals surface area contributed by atoms with Crippen molar-refractivity contribution in [1.29, 1.82) is 5.26 Å². The first-order valence-electron chi connectivity index (χ1n) is 4.31. The van der Waals surface area contributed by atoms with Crippen LogP contribution >= 0.6 is 15.9 Å². The Morgan fingerprint density at radius 2 is 2.27 bits per heavy atom. The third kappa shape index (κ3) is 2.20. The Labute approximate surface area is 76.9 Å². The van der Waals surface area contributed by atoms with Gasteiger partial charge in [0, 0.05) is 4.83 Å². The number of rotatable bonds is 1. The molecule has 0 aromatic heterocycles. The summed E-state index contributed by atoms with van der Waals surface area (Å²) in [6.07, 6.45) is 4.69. The van der Waals surface area contributed by atoms with Crippen molar-refractivity contribution in [3.8, 4) is 6.07 Å². The van der Waals surface area contributed by atoms with Crippen LogP contribution in [0.1, 0.15) is 32.6 Å². The molecule has 2 heteroatoms. The minimum atomic E-state index is 0.304. The molecule has 62 valence electrons. The average Bonchev–Trinajstić information content (AvgIpc) is 2.04. The third-order valence-electron chi connectivity index (χ3n) is 2.62. The van der Waals surface area contributed by atoms with Gasteiger partial charge >= 0.3 is 0 Å². The first-order valence-corrected chi connectivity index (χ1v) is 5.23. The van der Waals surface area contributed by atoms with E-state index in [1.165, 1.54) is 12.8 Å². The van der Waals surface area contributed by atoms with Crippen LogP contribution in [0.15, 0.2) is 0 Å². The van der Waals surface area contributed by atoms with Gasteiger partial charge in [-0.05, 0) is 25.2 Å². The van der Waals surface area contributed by atoms with Crippen molar-refractivity contribution in [1.82, 2.24) is 0 Å². The smallest absolute Gasteiger partial charge is 0.0659 e. The van der Waals surface area contributed by atoms with Crippen LogP contribution in [0.4, 0.5) is 0 Å². The van der Waals surface area contributed by atoms with Gasteiger partial charge in [-0.3, -0.25) is 0 Å². The number of hydrogen-bond acceptors (Lipinski definition) is 1. The summed E-state index contributed by atoms with van der Waals surface area (Å²) in [5, 5.41) is 8.84. The largest absolute Gasteiger partial charge is 0.198 e. The van der Waals surface area contributed by atoms with Gasteiger partial charge in [0.15, 0.2) is 0 Å². The van der Waals surface area contributed by atoms with Gasteiger partial charge in [0.25, 0.3) is 0 Å². The molecule has 0 N–H and O–H groups in total. The molecule has 0 aromatic rings. The van der Waals surface area contributed by atoms with E-state index in [0.717, 1.165) is 12.8 Å². The van der Waals surface area contributed by atoms with E-state index in [4.69, 9.17) is 5.26 Å². The lowest BCUT2D eigenvalue weighted by molar-refractivity contribution is 0.291. The van der Waals surface area contributed by atoms with Crippen LogP contribution in [0.2, 0.25) is 0 Å². The monoisotopic (exact) mass is 215 g/mol. The maximum Gasteiger partial charge on any atom is 0.0659 e. The predicted octanol–water partition coefficient (Wildman–Crippen LogP) is 3.10. The van der Waals surface area contributed by atoms with Crippen LogP contribution in [0.5, 0.6) is 0 Å². The summed E-state index contributed by atoms with van der Waals surface area (Å²) in [6, 6.07) is 2.41. The van der Waals surface area contributed by atoms with E-state index >= 15 is 0 Å². The van der Waals surface area contributed by atoms with Crippen molar-refractivity contribution in [2.75, 3.05) is 0 Å². The maximum absolute atomic E-state index is 8.84. The molecule has 3 unspecified atom stereocenters. The van der Waals surface area contributed by atoms with Crippen molar-refractivity contribution in [3.05, 3.63) is 0 Å². The number of hydrogen-bond donors (Lipinski definition) is 0. The lowest BCUT2D eigenvalue weighted by Crippen LogP contribution is -2.23. The molecule has 0 aliphatic heterocycles. The number of alkyl halides is 1. The van der Waals surface area contributed by atoms with E-state index in [1.807, 2.05) is 0 Å². The maximum atomic E-state index is 8.84. The van der Waals surface area contributed by atoms with Crippen molar-refractivity contribution >= 4 is 15.9 Å². The minimum Gasteiger partial charge on any atom is -0.198 e. The van der Waals surface area contributed by atoms with Gasteiger partial charge in [0.2, 0.25) is 0 Å². The normalized spacial score (nSPS) is 38.1. The summed E-state index contributed by atoms with van der Waals surface area (Å²) >= 11 is 3.58. The summed E-state index contributed by atoms with van der Waals surface area (Å²) < 4.78 is 0. The highest BCUT2D eigenvalue weighted by Crippen LogP contribution is 2.34. The molecule has 0 spiro atoms. The van der Waals surface area contributed by atoms with E-state index < -0.39 is 0 Å². The molecule has 11 heavy (non-hydrogen) atoms. The second kappa shape index (κ2) is 4.11. The zero-order valence-electron chi connectivity index (χ0n) is 6.89. The second-order valence-corrected chi connectivity index (χ2v) is 4.61. The van der Waals surface area contributed by atoms with E-state index in [2.05, 4.69) is 28.9 Å². The Morgan fingerprint density at radius 1 is 1.55 bits per heavy atom. The van der Waals surface area contributed by atoms with Gasteiger partial charge in [-0.1, -0.05) is 29.3 Å². The highest BCUT2D eigenvalue weighted by Gasteiger charge is 2.27. The predicted molar refractivity (Wildman–Crippen MR) is 49.5 cm³/mol. The molecule has 3 atom stereocenters. The van der Waals surface area contributed by atoms with Crippen LogP contribution in [-0.2, 0) is 0 Å². The molecule has 1 saturated carbocycles. The van der Waals surface area contributed by atoms with Crippen molar-refractivity contribution < 1.29 is 0 Å². The molecule has 0 radical (unpaired) electrons. The molecule has 1 fully saturated rings. The molecule has 1 aliphatic rings. The third-order valence-corrected chi connectivity index (χ3v) is 3.45. The lowest BCUT2D eigenvalue weighted by atomic mass is 9.79. The molecule has 0 amide bonds. The molecular weight excluding hydrogens is 202 g/mol. The number of halogens is 1. The summed E-state index contributed by atoms with van der Waals surface area (Å²) in [7, 11) is 0. The van der Waals surface area contributed by atoms with Crippen LogP contribution < -0.4 is 0 Å². The number of nitriles is 1. The first kappa shape index (κ1) is 9.06. The Hall–Kier alpha value is -0.0300. The highest BCUT2D eigenvalue weighted by atomic mass is 79.9. The van der Waals surface area contributed by atoms with Crippen molar-refractivity contribution in [2.24, 2.45) is 11.8 Å². The molecular formula is C9H14BrN. The van der Waals surface area contributed by atoms with Gasteiger partial charge in [0.05, 0.1) is 12.0 Å². The van der Waals surface area contributed by atoms with E-state index in [-0.39, 0.29) is 0 Å². The molecule has 1 aliphatic carbocycles. The summed E-state index contributed by atoms with van der Waals surface area (Å²) in [6.45, 7) is 2.18.